The summed E-state index contributed by atoms with van der Waals surface area (Å²) in [6.45, 7) is 6.82. The van der Waals surface area contributed by atoms with Crippen molar-refractivity contribution < 1.29 is 9.47 Å². The Morgan fingerprint density at radius 3 is 1.52 bits per heavy atom. The summed E-state index contributed by atoms with van der Waals surface area (Å²) in [6.07, 6.45) is 0. The molecule has 1 unspecified atom stereocenters. The number of ether oxygens (including phenoxy) is 2. The first-order valence-electron chi connectivity index (χ1n) is 17.4. The van der Waals surface area contributed by atoms with E-state index < -0.39 is 8.07 Å². The quantitative estimate of drug-likeness (QED) is 0.173. The third-order valence-electron chi connectivity index (χ3n) is 11.1. The zero-order valence-electron chi connectivity index (χ0n) is 28.1. The van der Waals surface area contributed by atoms with Crippen LogP contribution in [0.25, 0.3) is 32.3 Å². The van der Waals surface area contributed by atoms with Gasteiger partial charge in [0.15, 0.2) is 0 Å². The van der Waals surface area contributed by atoms with Crippen LogP contribution in [-0.4, -0.2) is 8.07 Å². The van der Waals surface area contributed by atoms with E-state index in [1.165, 1.54) is 37.7 Å². The Bertz CT molecular complexity index is 2730. The summed E-state index contributed by atoms with van der Waals surface area (Å²) in [5, 5.41) is 11.9. The van der Waals surface area contributed by atoms with Crippen molar-refractivity contribution in [2.75, 3.05) is 4.90 Å². The molecule has 50 heavy (non-hydrogen) atoms. The SMILES string of the molecule is CC(C)(C)c1ccc(N2c3cc4ccccc4c4c3[Si]3(c5ccccc5)c5c(cc6ccccc6c5Oc5c3c2cc2ccccc52)O4)cc1. The van der Waals surface area contributed by atoms with Crippen molar-refractivity contribution in [3.05, 3.63) is 151 Å². The van der Waals surface area contributed by atoms with Gasteiger partial charge in [0.05, 0.1) is 11.4 Å². The molecule has 0 spiro atoms. The van der Waals surface area contributed by atoms with Gasteiger partial charge in [0.1, 0.15) is 23.0 Å². The van der Waals surface area contributed by atoms with Crippen LogP contribution in [0.2, 0.25) is 0 Å². The lowest BCUT2D eigenvalue weighted by Crippen LogP contribution is -2.79. The molecule has 0 N–H and O–H groups in total. The Hall–Kier alpha value is -5.84. The smallest absolute Gasteiger partial charge is 0.202 e. The second-order valence-corrected chi connectivity index (χ2v) is 18.5. The Morgan fingerprint density at radius 2 is 0.960 bits per heavy atom. The molecule has 8 aromatic carbocycles. The van der Waals surface area contributed by atoms with Crippen molar-refractivity contribution in [3.8, 4) is 23.0 Å². The highest BCUT2D eigenvalue weighted by molar-refractivity contribution is 7.23. The van der Waals surface area contributed by atoms with Gasteiger partial charge >= 0.3 is 0 Å². The molecular weight excluding hydrogens is 627 g/mol. The average Bonchev–Trinajstić information content (AvgIpc) is 3.14. The molecule has 0 saturated carbocycles. The van der Waals surface area contributed by atoms with Gasteiger partial charge in [-0.2, -0.15) is 0 Å². The molecule has 3 aliphatic rings. The molecule has 8 aromatic rings. The summed E-state index contributed by atoms with van der Waals surface area (Å²) in [5.74, 6) is 3.75. The van der Waals surface area contributed by atoms with Gasteiger partial charge in [0.25, 0.3) is 0 Å². The van der Waals surface area contributed by atoms with Crippen LogP contribution in [0, 0.1) is 0 Å². The molecule has 4 heteroatoms. The normalized spacial score (nSPS) is 16.7. The first-order chi connectivity index (χ1) is 24.4. The van der Waals surface area contributed by atoms with E-state index in [0.717, 1.165) is 61.0 Å². The molecular formula is C46H33NO2Si. The molecule has 0 bridgehead atoms. The summed E-state index contributed by atoms with van der Waals surface area (Å²) < 4.78 is 14.7. The van der Waals surface area contributed by atoms with Crippen LogP contribution >= 0.6 is 0 Å². The maximum absolute atomic E-state index is 7.39. The van der Waals surface area contributed by atoms with Gasteiger partial charge in [-0.3, -0.25) is 0 Å². The predicted molar refractivity (Wildman–Crippen MR) is 210 cm³/mol. The number of fused-ring (bicyclic) bond motifs is 6. The van der Waals surface area contributed by atoms with Gasteiger partial charge < -0.3 is 14.4 Å². The first-order valence-corrected chi connectivity index (χ1v) is 19.4. The standard InChI is InChI=1S/C46H33NO2Si/c1-46(2,3)31-21-23-32(24-22-31)47-37-25-28-13-7-10-18-34(28)40-43(37)50(33-16-5-4-6-17-33)44-38(47)26-29-14-8-11-19-35(29)41(44)49-42-36-20-12-9-15-30(36)27-39(48-40)45(42)50/h4-27H,1-3H3. The van der Waals surface area contributed by atoms with E-state index in [-0.39, 0.29) is 5.41 Å². The Balaban J connectivity index is 1.39. The van der Waals surface area contributed by atoms with Crippen LogP contribution in [0.15, 0.2) is 146 Å². The van der Waals surface area contributed by atoms with E-state index in [9.17, 15) is 0 Å². The lowest BCUT2D eigenvalue weighted by molar-refractivity contribution is 0.473. The molecule has 3 heterocycles. The fourth-order valence-electron chi connectivity index (χ4n) is 8.95. The molecule has 0 aliphatic carbocycles. The van der Waals surface area contributed by atoms with Crippen LogP contribution < -0.4 is 35.1 Å². The molecule has 0 amide bonds. The molecule has 0 fully saturated rings. The molecule has 1 atom stereocenters. The zero-order valence-corrected chi connectivity index (χ0v) is 29.1. The topological polar surface area (TPSA) is 21.7 Å². The third kappa shape index (κ3) is 3.48. The van der Waals surface area contributed by atoms with Crippen molar-refractivity contribution in [3.63, 3.8) is 0 Å². The van der Waals surface area contributed by atoms with Gasteiger partial charge in [-0.25, -0.2) is 0 Å². The number of benzene rings is 8. The summed E-state index contributed by atoms with van der Waals surface area (Å²) in [5.41, 5.74) is 4.84. The van der Waals surface area contributed by atoms with Gasteiger partial charge in [-0.05, 0) is 62.7 Å². The fourth-order valence-corrected chi connectivity index (χ4v) is 14.5. The van der Waals surface area contributed by atoms with Crippen LogP contribution in [0.5, 0.6) is 23.0 Å². The van der Waals surface area contributed by atoms with E-state index in [4.69, 9.17) is 9.47 Å². The Labute approximate surface area is 292 Å². The Kier molecular flexibility index (Phi) is 5.41. The molecule has 11 rings (SSSR count). The largest absolute Gasteiger partial charge is 0.457 e. The first kappa shape index (κ1) is 28.0. The van der Waals surface area contributed by atoms with Crippen molar-refractivity contribution in [1.82, 2.24) is 0 Å². The number of rotatable bonds is 2. The minimum absolute atomic E-state index is 0.0462. The maximum atomic E-state index is 7.39. The molecule has 238 valence electrons. The maximum Gasteiger partial charge on any atom is 0.202 e. The van der Waals surface area contributed by atoms with Crippen molar-refractivity contribution in [2.24, 2.45) is 0 Å². The van der Waals surface area contributed by atoms with Crippen molar-refractivity contribution in [1.29, 1.82) is 0 Å². The molecule has 3 aliphatic heterocycles. The zero-order chi connectivity index (χ0) is 33.4. The van der Waals surface area contributed by atoms with Gasteiger partial charge in [-0.1, -0.05) is 136 Å². The fraction of sp³-hybridized carbons (Fsp3) is 0.0870. The van der Waals surface area contributed by atoms with Crippen molar-refractivity contribution in [2.45, 2.75) is 26.2 Å². The van der Waals surface area contributed by atoms with E-state index in [1.54, 1.807) is 0 Å². The second kappa shape index (κ2) is 9.65. The monoisotopic (exact) mass is 659 g/mol. The summed E-state index contributed by atoms with van der Waals surface area (Å²) in [4.78, 5) is 2.49. The second-order valence-electron chi connectivity index (χ2n) is 14.9. The lowest BCUT2D eigenvalue weighted by atomic mass is 9.87. The van der Waals surface area contributed by atoms with Crippen LogP contribution in [-0.2, 0) is 5.41 Å². The molecule has 0 radical (unpaired) electrons. The Morgan fingerprint density at radius 1 is 0.480 bits per heavy atom. The van der Waals surface area contributed by atoms with Gasteiger partial charge in [0.2, 0.25) is 8.07 Å². The average molecular weight is 660 g/mol. The highest BCUT2D eigenvalue weighted by Gasteiger charge is 2.60. The third-order valence-corrected chi connectivity index (χ3v) is 16.0. The van der Waals surface area contributed by atoms with Crippen molar-refractivity contribution >= 4 is 78.2 Å². The molecule has 0 aromatic heterocycles. The van der Waals surface area contributed by atoms with Crippen LogP contribution in [0.3, 0.4) is 0 Å². The number of hydrogen-bond donors (Lipinski definition) is 0. The number of anilines is 3. The summed E-state index contributed by atoms with van der Waals surface area (Å²) in [6, 6.07) is 53.5. The predicted octanol–water partition coefficient (Wildman–Crippen LogP) is 9.82. The lowest BCUT2D eigenvalue weighted by Gasteiger charge is -2.51. The van der Waals surface area contributed by atoms with E-state index in [0.29, 0.717) is 0 Å². The highest BCUT2D eigenvalue weighted by atomic mass is 28.3. The van der Waals surface area contributed by atoms with Crippen LogP contribution in [0.4, 0.5) is 17.1 Å². The summed E-state index contributed by atoms with van der Waals surface area (Å²) in [7, 11) is -3.09. The highest BCUT2D eigenvalue weighted by Crippen LogP contribution is 2.53. The number of nitrogens with zero attached hydrogens (tertiary/aromatic N) is 1. The van der Waals surface area contributed by atoms with Crippen LogP contribution in [0.1, 0.15) is 26.3 Å². The minimum Gasteiger partial charge on any atom is -0.457 e. The van der Waals surface area contributed by atoms with Gasteiger partial charge in [-0.15, -0.1) is 0 Å². The minimum atomic E-state index is -3.09. The molecule has 0 saturated heterocycles. The van der Waals surface area contributed by atoms with E-state index in [2.05, 4.69) is 171 Å². The van der Waals surface area contributed by atoms with Gasteiger partial charge in [0, 0.05) is 37.4 Å². The van der Waals surface area contributed by atoms with E-state index >= 15 is 0 Å². The molecule has 3 nitrogen and oxygen atoms in total. The summed E-state index contributed by atoms with van der Waals surface area (Å²) >= 11 is 0. The van der Waals surface area contributed by atoms with E-state index in [1.807, 2.05) is 0 Å². The number of hydrogen-bond acceptors (Lipinski definition) is 3.